The minimum Gasteiger partial charge on any atom is -0.506 e. The van der Waals surface area contributed by atoms with Crippen molar-refractivity contribution in [3.63, 3.8) is 0 Å². The maximum atomic E-state index is 9.09. The summed E-state index contributed by atoms with van der Waals surface area (Å²) in [5.74, 6) is 0.147. The SMILES string of the molecule is CSc1cccc(O)c1Cl. The van der Waals surface area contributed by atoms with Gasteiger partial charge in [-0.05, 0) is 18.4 Å². The summed E-state index contributed by atoms with van der Waals surface area (Å²) in [6.45, 7) is 0. The highest BCUT2D eigenvalue weighted by Gasteiger charge is 2.01. The second-order valence-electron chi connectivity index (χ2n) is 1.79. The lowest BCUT2D eigenvalue weighted by atomic mass is 10.3. The molecule has 0 aliphatic carbocycles. The summed E-state index contributed by atoms with van der Waals surface area (Å²) in [5.41, 5.74) is 0. The summed E-state index contributed by atoms with van der Waals surface area (Å²) < 4.78 is 0. The third-order valence-corrected chi connectivity index (χ3v) is 2.45. The first-order chi connectivity index (χ1) is 4.75. The fraction of sp³-hybridized carbons (Fsp3) is 0.143. The molecule has 0 atom stereocenters. The van der Waals surface area contributed by atoms with Crippen molar-refractivity contribution in [2.45, 2.75) is 4.90 Å². The molecule has 0 aliphatic rings. The van der Waals surface area contributed by atoms with Crippen molar-refractivity contribution in [1.29, 1.82) is 0 Å². The van der Waals surface area contributed by atoms with E-state index in [0.717, 1.165) is 4.90 Å². The van der Waals surface area contributed by atoms with Gasteiger partial charge in [-0.25, -0.2) is 0 Å². The van der Waals surface area contributed by atoms with E-state index in [9.17, 15) is 0 Å². The van der Waals surface area contributed by atoms with E-state index in [-0.39, 0.29) is 5.75 Å². The molecule has 0 amide bonds. The van der Waals surface area contributed by atoms with Crippen molar-refractivity contribution in [2.24, 2.45) is 0 Å². The molecule has 1 aromatic carbocycles. The highest BCUT2D eigenvalue weighted by atomic mass is 35.5. The lowest BCUT2D eigenvalue weighted by Crippen LogP contribution is -1.72. The Bertz CT molecular complexity index is 237. The van der Waals surface area contributed by atoms with Crippen LogP contribution in [0.1, 0.15) is 0 Å². The van der Waals surface area contributed by atoms with E-state index in [1.54, 1.807) is 12.1 Å². The van der Waals surface area contributed by atoms with Gasteiger partial charge in [0.1, 0.15) is 5.75 Å². The van der Waals surface area contributed by atoms with E-state index in [1.807, 2.05) is 12.3 Å². The number of rotatable bonds is 1. The molecule has 0 radical (unpaired) electrons. The van der Waals surface area contributed by atoms with Gasteiger partial charge in [-0.1, -0.05) is 17.7 Å². The summed E-state index contributed by atoms with van der Waals surface area (Å²) in [4.78, 5) is 0.904. The molecule has 0 fully saturated rings. The van der Waals surface area contributed by atoms with Crippen LogP contribution < -0.4 is 0 Å². The fourth-order valence-corrected chi connectivity index (χ4v) is 1.51. The molecule has 3 heteroatoms. The third-order valence-electron chi connectivity index (χ3n) is 1.16. The van der Waals surface area contributed by atoms with E-state index in [1.165, 1.54) is 11.8 Å². The van der Waals surface area contributed by atoms with E-state index < -0.39 is 0 Å². The zero-order chi connectivity index (χ0) is 7.56. The number of hydrogen-bond donors (Lipinski definition) is 1. The van der Waals surface area contributed by atoms with Gasteiger partial charge in [0.05, 0.1) is 5.02 Å². The van der Waals surface area contributed by atoms with E-state index in [0.29, 0.717) is 5.02 Å². The lowest BCUT2D eigenvalue weighted by molar-refractivity contribution is 0.474. The standard InChI is InChI=1S/C7H7ClOS/c1-10-6-4-2-3-5(9)7(6)8/h2-4,9H,1H3. The first-order valence-corrected chi connectivity index (χ1v) is 4.37. The van der Waals surface area contributed by atoms with Crippen molar-refractivity contribution in [3.8, 4) is 5.75 Å². The summed E-state index contributed by atoms with van der Waals surface area (Å²) in [7, 11) is 0. The fourth-order valence-electron chi connectivity index (χ4n) is 0.657. The molecule has 0 bridgehead atoms. The smallest absolute Gasteiger partial charge is 0.135 e. The van der Waals surface area contributed by atoms with Gasteiger partial charge in [-0.15, -0.1) is 11.8 Å². The van der Waals surface area contributed by atoms with Crippen molar-refractivity contribution in [1.82, 2.24) is 0 Å². The number of benzene rings is 1. The Hall–Kier alpha value is -0.340. The average Bonchev–Trinajstić information content (AvgIpc) is 1.95. The quantitative estimate of drug-likeness (QED) is 0.661. The Morgan fingerprint density at radius 2 is 2.20 bits per heavy atom. The highest BCUT2D eigenvalue weighted by molar-refractivity contribution is 7.98. The second kappa shape index (κ2) is 3.17. The molecule has 1 rings (SSSR count). The molecule has 0 aromatic heterocycles. The summed E-state index contributed by atoms with van der Waals surface area (Å²) in [5, 5.41) is 9.53. The third kappa shape index (κ3) is 1.39. The number of halogens is 1. The highest BCUT2D eigenvalue weighted by Crippen LogP contribution is 2.32. The zero-order valence-corrected chi connectivity index (χ0v) is 7.04. The number of hydrogen-bond acceptors (Lipinski definition) is 2. The van der Waals surface area contributed by atoms with Crippen LogP contribution in [0.3, 0.4) is 0 Å². The Labute approximate surface area is 69.0 Å². The van der Waals surface area contributed by atoms with E-state index in [4.69, 9.17) is 16.7 Å². The zero-order valence-electron chi connectivity index (χ0n) is 5.47. The van der Waals surface area contributed by atoms with Crippen LogP contribution in [-0.4, -0.2) is 11.4 Å². The van der Waals surface area contributed by atoms with Crippen LogP contribution >= 0.6 is 23.4 Å². The van der Waals surface area contributed by atoms with Gasteiger partial charge in [0.15, 0.2) is 0 Å². The first kappa shape index (κ1) is 7.76. The molecule has 0 aliphatic heterocycles. The number of phenolic OH excluding ortho intramolecular Hbond substituents is 1. The first-order valence-electron chi connectivity index (χ1n) is 2.77. The minimum absolute atomic E-state index is 0.147. The lowest BCUT2D eigenvalue weighted by Gasteiger charge is -2.00. The number of phenols is 1. The molecule has 10 heavy (non-hydrogen) atoms. The molecule has 1 N–H and O–H groups in total. The minimum atomic E-state index is 0.147. The van der Waals surface area contributed by atoms with Crippen LogP contribution in [0.4, 0.5) is 0 Å². The number of aromatic hydroxyl groups is 1. The maximum Gasteiger partial charge on any atom is 0.135 e. The van der Waals surface area contributed by atoms with Crippen molar-refractivity contribution in [2.75, 3.05) is 6.26 Å². The van der Waals surface area contributed by atoms with Gasteiger partial charge in [0.2, 0.25) is 0 Å². The van der Waals surface area contributed by atoms with Gasteiger partial charge < -0.3 is 5.11 Å². The predicted octanol–water partition coefficient (Wildman–Crippen LogP) is 2.77. The molecule has 0 saturated carbocycles. The van der Waals surface area contributed by atoms with E-state index in [2.05, 4.69) is 0 Å². The molecule has 54 valence electrons. The van der Waals surface area contributed by atoms with Crippen LogP contribution in [0.25, 0.3) is 0 Å². The largest absolute Gasteiger partial charge is 0.506 e. The Morgan fingerprint density at radius 3 is 2.70 bits per heavy atom. The predicted molar refractivity (Wildman–Crippen MR) is 44.9 cm³/mol. The molecule has 0 unspecified atom stereocenters. The van der Waals surface area contributed by atoms with Crippen LogP contribution in [0, 0.1) is 0 Å². The monoisotopic (exact) mass is 174 g/mol. The molecular weight excluding hydrogens is 168 g/mol. The Kier molecular flexibility index (Phi) is 2.46. The van der Waals surface area contributed by atoms with Gasteiger partial charge in [0, 0.05) is 4.90 Å². The van der Waals surface area contributed by atoms with Crippen LogP contribution in [-0.2, 0) is 0 Å². The van der Waals surface area contributed by atoms with Crippen LogP contribution in [0.2, 0.25) is 5.02 Å². The molecule has 0 spiro atoms. The van der Waals surface area contributed by atoms with Crippen LogP contribution in [0.15, 0.2) is 23.1 Å². The molecule has 0 heterocycles. The Balaban J connectivity index is 3.14. The molecule has 1 nitrogen and oxygen atoms in total. The van der Waals surface area contributed by atoms with Gasteiger partial charge in [0.25, 0.3) is 0 Å². The second-order valence-corrected chi connectivity index (χ2v) is 3.02. The summed E-state index contributed by atoms with van der Waals surface area (Å²) in [6.07, 6.45) is 1.92. The van der Waals surface area contributed by atoms with Crippen molar-refractivity contribution in [3.05, 3.63) is 23.2 Å². The topological polar surface area (TPSA) is 20.2 Å². The summed E-state index contributed by atoms with van der Waals surface area (Å²) >= 11 is 7.24. The van der Waals surface area contributed by atoms with Crippen molar-refractivity contribution >= 4 is 23.4 Å². The summed E-state index contributed by atoms with van der Waals surface area (Å²) in [6, 6.07) is 5.21. The number of thioether (sulfide) groups is 1. The van der Waals surface area contributed by atoms with Gasteiger partial charge in [-0.3, -0.25) is 0 Å². The molecular formula is C7H7ClOS. The van der Waals surface area contributed by atoms with Crippen LogP contribution in [0.5, 0.6) is 5.75 Å². The molecule has 0 saturated heterocycles. The normalized spacial score (nSPS) is 9.80. The maximum absolute atomic E-state index is 9.09. The van der Waals surface area contributed by atoms with Crippen molar-refractivity contribution < 1.29 is 5.11 Å². The molecule has 1 aromatic rings. The van der Waals surface area contributed by atoms with Gasteiger partial charge >= 0.3 is 0 Å². The van der Waals surface area contributed by atoms with Gasteiger partial charge in [-0.2, -0.15) is 0 Å². The Morgan fingerprint density at radius 1 is 1.50 bits per heavy atom. The van der Waals surface area contributed by atoms with E-state index >= 15 is 0 Å². The average molecular weight is 175 g/mol.